The molecular weight excluding hydrogens is 393 g/mol. The van der Waals surface area contributed by atoms with Crippen molar-refractivity contribution in [1.29, 1.82) is 0 Å². The van der Waals surface area contributed by atoms with Gasteiger partial charge in [0.1, 0.15) is 0 Å². The highest BCUT2D eigenvalue weighted by Crippen LogP contribution is 2.38. The first kappa shape index (κ1) is 18.3. The molecule has 0 aromatic heterocycles. The van der Waals surface area contributed by atoms with Crippen molar-refractivity contribution < 1.29 is 9.84 Å². The zero-order valence-corrected chi connectivity index (χ0v) is 16.0. The number of halogens is 1. The standard InChI is InChI=1S/C16H29N3O2.HI/c1-17-14(18-11-16(20)5-3-2-4-6-16)19-9-7-15(12-19)8-10-21-13-15;/h20H,2-13H2,1H3,(H,17,18);1H. The molecule has 6 heteroatoms. The third-order valence-electron chi connectivity index (χ3n) is 5.49. The van der Waals surface area contributed by atoms with Gasteiger partial charge in [0.2, 0.25) is 0 Å². The molecule has 22 heavy (non-hydrogen) atoms. The lowest BCUT2D eigenvalue weighted by Gasteiger charge is -2.34. The number of aliphatic imine (C=N–C) groups is 1. The van der Waals surface area contributed by atoms with Crippen molar-refractivity contribution in [2.75, 3.05) is 39.9 Å². The van der Waals surface area contributed by atoms with Crippen LogP contribution in [0.2, 0.25) is 0 Å². The summed E-state index contributed by atoms with van der Waals surface area (Å²) in [7, 11) is 1.84. The van der Waals surface area contributed by atoms with Gasteiger partial charge in [0, 0.05) is 38.7 Å². The van der Waals surface area contributed by atoms with Gasteiger partial charge in [-0.15, -0.1) is 24.0 Å². The van der Waals surface area contributed by atoms with Crippen LogP contribution in [0.25, 0.3) is 0 Å². The lowest BCUT2D eigenvalue weighted by Crippen LogP contribution is -2.49. The van der Waals surface area contributed by atoms with E-state index in [4.69, 9.17) is 4.74 Å². The van der Waals surface area contributed by atoms with Gasteiger partial charge >= 0.3 is 0 Å². The fourth-order valence-electron chi connectivity index (χ4n) is 4.05. The van der Waals surface area contributed by atoms with Crippen LogP contribution in [0.3, 0.4) is 0 Å². The summed E-state index contributed by atoms with van der Waals surface area (Å²) in [5.41, 5.74) is -0.193. The summed E-state index contributed by atoms with van der Waals surface area (Å²) in [5.74, 6) is 0.942. The first-order valence-corrected chi connectivity index (χ1v) is 8.41. The number of likely N-dealkylation sites (tertiary alicyclic amines) is 1. The first-order valence-electron chi connectivity index (χ1n) is 8.41. The number of hydrogen-bond acceptors (Lipinski definition) is 3. The number of nitrogens with zero attached hydrogens (tertiary/aromatic N) is 2. The minimum absolute atomic E-state index is 0. The zero-order chi connectivity index (χ0) is 14.8. The number of nitrogens with one attached hydrogen (secondary N) is 1. The molecule has 2 aliphatic heterocycles. The zero-order valence-electron chi connectivity index (χ0n) is 13.6. The van der Waals surface area contributed by atoms with Gasteiger partial charge in [-0.3, -0.25) is 4.99 Å². The van der Waals surface area contributed by atoms with Crippen LogP contribution in [0.4, 0.5) is 0 Å². The second kappa shape index (κ2) is 7.66. The lowest BCUT2D eigenvalue weighted by atomic mass is 9.85. The highest BCUT2D eigenvalue weighted by molar-refractivity contribution is 14.0. The van der Waals surface area contributed by atoms with E-state index in [2.05, 4.69) is 15.2 Å². The molecule has 0 aromatic rings. The van der Waals surface area contributed by atoms with Crippen molar-refractivity contribution in [1.82, 2.24) is 10.2 Å². The Morgan fingerprint density at radius 3 is 2.64 bits per heavy atom. The molecule has 0 aromatic carbocycles. The van der Waals surface area contributed by atoms with Crippen molar-refractivity contribution in [3.63, 3.8) is 0 Å². The topological polar surface area (TPSA) is 57.1 Å². The maximum atomic E-state index is 10.6. The smallest absolute Gasteiger partial charge is 0.193 e. The molecular formula is C16H30IN3O2. The Hall–Kier alpha value is -0.0800. The Morgan fingerprint density at radius 1 is 1.23 bits per heavy atom. The van der Waals surface area contributed by atoms with E-state index >= 15 is 0 Å². The molecule has 3 aliphatic rings. The summed E-state index contributed by atoms with van der Waals surface area (Å²) in [5, 5.41) is 14.0. The van der Waals surface area contributed by atoms with E-state index in [9.17, 15) is 5.11 Å². The van der Waals surface area contributed by atoms with Crippen molar-refractivity contribution in [2.45, 2.75) is 50.5 Å². The summed E-state index contributed by atoms with van der Waals surface area (Å²) in [6.45, 7) is 4.50. The number of rotatable bonds is 2. The number of ether oxygens (including phenoxy) is 1. The average molecular weight is 423 g/mol. The van der Waals surface area contributed by atoms with E-state index in [0.717, 1.165) is 57.9 Å². The Labute approximate surface area is 150 Å². The third-order valence-corrected chi connectivity index (χ3v) is 5.49. The molecule has 1 aliphatic carbocycles. The largest absolute Gasteiger partial charge is 0.388 e. The molecule has 1 atom stereocenters. The Balaban J connectivity index is 0.00000176. The van der Waals surface area contributed by atoms with Crippen LogP contribution in [0, 0.1) is 5.41 Å². The second-order valence-electron chi connectivity index (χ2n) is 7.16. The van der Waals surface area contributed by atoms with Gasteiger partial charge < -0.3 is 20.1 Å². The quantitative estimate of drug-likeness (QED) is 0.405. The second-order valence-corrected chi connectivity index (χ2v) is 7.16. The molecule has 1 unspecified atom stereocenters. The van der Waals surface area contributed by atoms with E-state index in [1.165, 1.54) is 19.3 Å². The molecule has 0 radical (unpaired) electrons. The van der Waals surface area contributed by atoms with E-state index < -0.39 is 5.60 Å². The van der Waals surface area contributed by atoms with E-state index in [1.807, 2.05) is 7.05 Å². The number of guanidine groups is 1. The number of hydrogen-bond donors (Lipinski definition) is 2. The van der Waals surface area contributed by atoms with Crippen LogP contribution in [0.5, 0.6) is 0 Å². The van der Waals surface area contributed by atoms with E-state index in [-0.39, 0.29) is 24.0 Å². The predicted molar refractivity (Wildman–Crippen MR) is 98.9 cm³/mol. The Morgan fingerprint density at radius 2 is 2.00 bits per heavy atom. The monoisotopic (exact) mass is 423 g/mol. The van der Waals surface area contributed by atoms with E-state index in [1.54, 1.807) is 0 Å². The van der Waals surface area contributed by atoms with Gasteiger partial charge in [0.25, 0.3) is 0 Å². The van der Waals surface area contributed by atoms with Gasteiger partial charge in [0.05, 0.1) is 12.2 Å². The van der Waals surface area contributed by atoms with Crippen LogP contribution >= 0.6 is 24.0 Å². The summed E-state index contributed by atoms with van der Waals surface area (Å²) < 4.78 is 5.59. The molecule has 2 heterocycles. The number of aliphatic hydroxyl groups is 1. The van der Waals surface area contributed by atoms with Gasteiger partial charge in [0.15, 0.2) is 5.96 Å². The van der Waals surface area contributed by atoms with Gasteiger partial charge in [-0.2, -0.15) is 0 Å². The summed E-state index contributed by atoms with van der Waals surface area (Å²) in [6, 6.07) is 0. The van der Waals surface area contributed by atoms with Crippen molar-refractivity contribution in [3.8, 4) is 0 Å². The molecule has 0 bridgehead atoms. The first-order chi connectivity index (χ1) is 10.1. The van der Waals surface area contributed by atoms with Crippen molar-refractivity contribution >= 4 is 29.9 Å². The van der Waals surface area contributed by atoms with Crippen LogP contribution in [0.15, 0.2) is 4.99 Å². The molecule has 3 rings (SSSR count). The molecule has 1 spiro atoms. The van der Waals surface area contributed by atoms with Crippen LogP contribution in [-0.2, 0) is 4.74 Å². The maximum Gasteiger partial charge on any atom is 0.193 e. The summed E-state index contributed by atoms with van der Waals surface area (Å²) >= 11 is 0. The highest BCUT2D eigenvalue weighted by Gasteiger charge is 2.42. The average Bonchev–Trinajstić information content (AvgIpc) is 3.11. The fourth-order valence-corrected chi connectivity index (χ4v) is 4.05. The molecule has 5 nitrogen and oxygen atoms in total. The minimum atomic E-state index is -0.540. The third kappa shape index (κ3) is 4.06. The van der Waals surface area contributed by atoms with Crippen LogP contribution in [-0.4, -0.2) is 61.5 Å². The molecule has 0 amide bonds. The van der Waals surface area contributed by atoms with Gasteiger partial charge in [-0.1, -0.05) is 19.3 Å². The van der Waals surface area contributed by atoms with Crippen LogP contribution < -0.4 is 5.32 Å². The molecule has 2 saturated heterocycles. The minimum Gasteiger partial charge on any atom is -0.388 e. The molecule has 128 valence electrons. The maximum absolute atomic E-state index is 10.6. The SMILES string of the molecule is CN=C(NCC1(O)CCCCC1)N1CCC2(CCOC2)C1.I. The Bertz CT molecular complexity index is 391. The fraction of sp³-hybridized carbons (Fsp3) is 0.938. The van der Waals surface area contributed by atoms with Gasteiger partial charge in [-0.05, 0) is 25.7 Å². The molecule has 1 saturated carbocycles. The normalized spacial score (nSPS) is 31.4. The molecule has 3 fully saturated rings. The predicted octanol–water partition coefficient (Wildman–Crippen LogP) is 1.99. The van der Waals surface area contributed by atoms with Crippen molar-refractivity contribution in [3.05, 3.63) is 0 Å². The van der Waals surface area contributed by atoms with Crippen molar-refractivity contribution in [2.24, 2.45) is 10.4 Å². The highest BCUT2D eigenvalue weighted by atomic mass is 127. The van der Waals surface area contributed by atoms with Crippen LogP contribution in [0.1, 0.15) is 44.9 Å². The Kier molecular flexibility index (Phi) is 6.36. The summed E-state index contributed by atoms with van der Waals surface area (Å²) in [6.07, 6.45) is 7.72. The molecule has 2 N–H and O–H groups in total. The van der Waals surface area contributed by atoms with Gasteiger partial charge in [-0.25, -0.2) is 0 Å². The van der Waals surface area contributed by atoms with E-state index in [0.29, 0.717) is 12.0 Å². The lowest BCUT2D eigenvalue weighted by molar-refractivity contribution is 0.00816. The summed E-state index contributed by atoms with van der Waals surface area (Å²) in [4.78, 5) is 6.75.